The van der Waals surface area contributed by atoms with Crippen molar-refractivity contribution >= 4 is 33.5 Å². The summed E-state index contributed by atoms with van der Waals surface area (Å²) >= 11 is 0. The molecular weight excluding hydrogens is 360 g/mol. The molecule has 0 spiro atoms. The number of hydrogen-bond donors (Lipinski definition) is 1. The summed E-state index contributed by atoms with van der Waals surface area (Å²) in [5, 5.41) is 0.417. The van der Waals surface area contributed by atoms with Gasteiger partial charge in [-0.05, 0) is 43.3 Å². The summed E-state index contributed by atoms with van der Waals surface area (Å²) in [7, 11) is -3.43. The van der Waals surface area contributed by atoms with E-state index in [1.54, 1.807) is 12.1 Å². The Hall–Kier alpha value is -3.20. The largest absolute Gasteiger partial charge is 0.363 e. The maximum Gasteiger partial charge on any atom is 0.363 e. The predicted octanol–water partition coefficient (Wildman–Crippen LogP) is 1.82. The number of carbonyl (C=O) groups excluding carboxylic acids is 3. The van der Waals surface area contributed by atoms with Crippen LogP contribution in [-0.4, -0.2) is 37.0 Å². The van der Waals surface area contributed by atoms with Gasteiger partial charge in [0.1, 0.15) is 0 Å². The third-order valence-electron chi connectivity index (χ3n) is 3.70. The summed E-state index contributed by atoms with van der Waals surface area (Å²) in [6.45, 7) is 1.50. The molecule has 3 rings (SSSR count). The Morgan fingerprint density at radius 1 is 1.00 bits per heavy atom. The first-order chi connectivity index (χ1) is 12.3. The molecule has 1 aliphatic heterocycles. The zero-order valence-electron chi connectivity index (χ0n) is 13.6. The normalized spacial score (nSPS) is 13.5. The molecule has 0 bridgehead atoms. The van der Waals surface area contributed by atoms with Crippen molar-refractivity contribution in [1.82, 2.24) is 5.06 Å². The number of hydroxylamine groups is 2. The number of nitrogens with zero attached hydrogens (tertiary/aromatic N) is 1. The van der Waals surface area contributed by atoms with Crippen LogP contribution in [0.5, 0.6) is 0 Å². The molecule has 1 heterocycles. The molecule has 0 radical (unpaired) electrons. The molecular formula is C17H14N2O6S. The van der Waals surface area contributed by atoms with Gasteiger partial charge < -0.3 is 4.84 Å². The highest BCUT2D eigenvalue weighted by molar-refractivity contribution is 7.92. The monoisotopic (exact) mass is 374 g/mol. The third-order valence-corrected chi connectivity index (χ3v) is 5.01. The van der Waals surface area contributed by atoms with E-state index >= 15 is 0 Å². The Morgan fingerprint density at radius 2 is 1.54 bits per heavy atom. The Morgan fingerprint density at radius 3 is 2.04 bits per heavy atom. The molecule has 0 unspecified atom stereocenters. The van der Waals surface area contributed by atoms with Crippen molar-refractivity contribution in [3.8, 4) is 0 Å². The van der Waals surface area contributed by atoms with E-state index in [2.05, 4.69) is 4.72 Å². The van der Waals surface area contributed by atoms with E-state index in [1.165, 1.54) is 43.3 Å². The quantitative estimate of drug-likeness (QED) is 0.800. The van der Waals surface area contributed by atoms with Gasteiger partial charge in [-0.3, -0.25) is 14.3 Å². The van der Waals surface area contributed by atoms with E-state index < -0.39 is 27.8 Å². The standard InChI is InChI=1S/C17H14N2O6S/c1-2-26(23,24)18-12-9-7-11(8-10-12)17(22)25-19-15(20)13-5-3-4-6-14(13)16(19)21/h3-10,18H,2H2,1H3. The molecule has 26 heavy (non-hydrogen) atoms. The first-order valence-electron chi connectivity index (χ1n) is 7.63. The summed E-state index contributed by atoms with van der Waals surface area (Å²) < 4.78 is 25.4. The van der Waals surface area contributed by atoms with Crippen LogP contribution in [0.4, 0.5) is 5.69 Å². The highest BCUT2D eigenvalue weighted by atomic mass is 32.2. The minimum atomic E-state index is -3.43. The Balaban J connectivity index is 1.73. The van der Waals surface area contributed by atoms with Gasteiger partial charge in [0.25, 0.3) is 11.8 Å². The average Bonchev–Trinajstić information content (AvgIpc) is 2.87. The Kier molecular flexibility index (Phi) is 4.47. The molecule has 0 atom stereocenters. The number of sulfonamides is 1. The van der Waals surface area contributed by atoms with Crippen molar-refractivity contribution in [3.63, 3.8) is 0 Å². The van der Waals surface area contributed by atoms with E-state index in [-0.39, 0.29) is 28.1 Å². The number of rotatable bonds is 5. The summed E-state index contributed by atoms with van der Waals surface area (Å²) in [6.07, 6.45) is 0. The fraction of sp³-hybridized carbons (Fsp3) is 0.118. The summed E-state index contributed by atoms with van der Waals surface area (Å²) in [5.41, 5.74) is 0.661. The van der Waals surface area contributed by atoms with Crippen LogP contribution < -0.4 is 4.72 Å². The van der Waals surface area contributed by atoms with Crippen LogP contribution in [0.3, 0.4) is 0 Å². The first kappa shape index (κ1) is 17.6. The molecule has 0 aromatic heterocycles. The number of fused-ring (bicyclic) bond motifs is 1. The maximum absolute atomic E-state index is 12.2. The summed E-state index contributed by atoms with van der Waals surface area (Å²) in [6, 6.07) is 11.6. The molecule has 0 fully saturated rings. The van der Waals surface area contributed by atoms with Gasteiger partial charge in [0.2, 0.25) is 10.0 Å². The zero-order valence-corrected chi connectivity index (χ0v) is 14.4. The Labute approximate surface area is 149 Å². The molecule has 0 saturated heterocycles. The van der Waals surface area contributed by atoms with Crippen LogP contribution in [0, 0.1) is 0 Å². The molecule has 9 heteroatoms. The van der Waals surface area contributed by atoms with Crippen LogP contribution in [-0.2, 0) is 14.9 Å². The maximum atomic E-state index is 12.2. The predicted molar refractivity (Wildman–Crippen MR) is 91.9 cm³/mol. The highest BCUT2D eigenvalue weighted by Gasteiger charge is 2.38. The van der Waals surface area contributed by atoms with Crippen molar-refractivity contribution in [2.24, 2.45) is 0 Å². The number of hydrogen-bond acceptors (Lipinski definition) is 6. The van der Waals surface area contributed by atoms with E-state index in [1.807, 2.05) is 0 Å². The minimum Gasteiger partial charge on any atom is -0.324 e. The molecule has 0 saturated carbocycles. The van der Waals surface area contributed by atoms with Gasteiger partial charge in [0.05, 0.1) is 22.4 Å². The van der Waals surface area contributed by atoms with E-state index in [9.17, 15) is 22.8 Å². The lowest BCUT2D eigenvalue weighted by molar-refractivity contribution is -0.0584. The van der Waals surface area contributed by atoms with Crippen LogP contribution in [0.1, 0.15) is 38.0 Å². The minimum absolute atomic E-state index is 0.0565. The highest BCUT2D eigenvalue weighted by Crippen LogP contribution is 2.23. The van der Waals surface area contributed by atoms with Crippen molar-refractivity contribution in [1.29, 1.82) is 0 Å². The average molecular weight is 374 g/mol. The number of anilines is 1. The molecule has 0 aliphatic carbocycles. The lowest BCUT2D eigenvalue weighted by Crippen LogP contribution is -2.32. The fourth-order valence-corrected chi connectivity index (χ4v) is 2.95. The molecule has 2 amide bonds. The zero-order chi connectivity index (χ0) is 18.9. The third kappa shape index (κ3) is 3.29. The number of nitrogens with one attached hydrogen (secondary N) is 1. The first-order valence-corrected chi connectivity index (χ1v) is 9.28. The molecule has 8 nitrogen and oxygen atoms in total. The van der Waals surface area contributed by atoms with Gasteiger partial charge in [0, 0.05) is 5.69 Å². The van der Waals surface area contributed by atoms with Crippen LogP contribution >= 0.6 is 0 Å². The van der Waals surface area contributed by atoms with Crippen LogP contribution in [0.25, 0.3) is 0 Å². The summed E-state index contributed by atoms with van der Waals surface area (Å²) in [4.78, 5) is 41.4. The lowest BCUT2D eigenvalue weighted by Gasteiger charge is -2.13. The second kappa shape index (κ2) is 6.60. The van der Waals surface area contributed by atoms with E-state index in [0.717, 1.165) is 0 Å². The topological polar surface area (TPSA) is 110 Å². The second-order valence-corrected chi connectivity index (χ2v) is 7.42. The van der Waals surface area contributed by atoms with Crippen molar-refractivity contribution < 1.29 is 27.6 Å². The van der Waals surface area contributed by atoms with Crippen LogP contribution in [0.2, 0.25) is 0 Å². The van der Waals surface area contributed by atoms with Crippen molar-refractivity contribution in [2.75, 3.05) is 10.5 Å². The van der Waals surface area contributed by atoms with E-state index in [0.29, 0.717) is 5.06 Å². The number of benzene rings is 2. The molecule has 1 aliphatic rings. The van der Waals surface area contributed by atoms with Gasteiger partial charge >= 0.3 is 5.97 Å². The van der Waals surface area contributed by atoms with Gasteiger partial charge in [-0.15, -0.1) is 0 Å². The second-order valence-electron chi connectivity index (χ2n) is 5.41. The van der Waals surface area contributed by atoms with Crippen LogP contribution in [0.15, 0.2) is 48.5 Å². The van der Waals surface area contributed by atoms with Gasteiger partial charge in [0.15, 0.2) is 0 Å². The fourth-order valence-electron chi connectivity index (χ4n) is 2.31. The SMILES string of the molecule is CCS(=O)(=O)Nc1ccc(C(=O)ON2C(=O)c3ccccc3C2=O)cc1. The van der Waals surface area contributed by atoms with Gasteiger partial charge in [-0.1, -0.05) is 17.2 Å². The lowest BCUT2D eigenvalue weighted by atomic mass is 10.1. The number of amides is 2. The van der Waals surface area contributed by atoms with Crippen molar-refractivity contribution in [3.05, 3.63) is 65.2 Å². The summed E-state index contributed by atoms with van der Waals surface area (Å²) in [5.74, 6) is -2.43. The molecule has 1 N–H and O–H groups in total. The Bertz CT molecular complexity index is 963. The smallest absolute Gasteiger partial charge is 0.324 e. The van der Waals surface area contributed by atoms with Gasteiger partial charge in [-0.2, -0.15) is 0 Å². The van der Waals surface area contributed by atoms with Crippen molar-refractivity contribution in [2.45, 2.75) is 6.92 Å². The number of imide groups is 1. The number of carbonyl (C=O) groups is 3. The van der Waals surface area contributed by atoms with E-state index in [4.69, 9.17) is 4.84 Å². The molecule has 2 aromatic carbocycles. The molecule has 134 valence electrons. The molecule has 2 aromatic rings. The van der Waals surface area contributed by atoms with Gasteiger partial charge in [-0.25, -0.2) is 13.2 Å².